The lowest BCUT2D eigenvalue weighted by molar-refractivity contribution is 0.181. The molecule has 2 rings (SSSR count). The Morgan fingerprint density at radius 3 is 2.56 bits per heavy atom. The van der Waals surface area contributed by atoms with Crippen molar-refractivity contribution in [2.75, 3.05) is 30.8 Å². The molecule has 0 saturated carbocycles. The van der Waals surface area contributed by atoms with Gasteiger partial charge in [-0.1, -0.05) is 19.1 Å². The van der Waals surface area contributed by atoms with Crippen LogP contribution in [0.3, 0.4) is 0 Å². The van der Waals surface area contributed by atoms with E-state index >= 15 is 0 Å². The van der Waals surface area contributed by atoms with Crippen molar-refractivity contribution < 1.29 is 4.79 Å². The number of nitrogens with zero attached hydrogens (tertiary/aromatic N) is 2. The van der Waals surface area contributed by atoms with Gasteiger partial charge in [0.2, 0.25) is 0 Å². The zero-order valence-electron chi connectivity index (χ0n) is 11.1. The van der Waals surface area contributed by atoms with Gasteiger partial charge in [-0.15, -0.1) is 0 Å². The fraction of sp³-hybridized carbons (Fsp3) is 0.500. The first-order valence-corrected chi connectivity index (χ1v) is 6.46. The number of nitrogens with two attached hydrogens (primary N) is 1. The minimum Gasteiger partial charge on any atom is -0.397 e. The van der Waals surface area contributed by atoms with E-state index in [4.69, 9.17) is 5.73 Å². The number of nitrogen functional groups attached to an aromatic ring is 1. The van der Waals surface area contributed by atoms with E-state index in [1.54, 1.807) is 11.9 Å². The number of amides is 2. The summed E-state index contributed by atoms with van der Waals surface area (Å²) in [6.07, 6.45) is 2.17. The van der Waals surface area contributed by atoms with E-state index in [1.807, 2.05) is 29.2 Å². The third kappa shape index (κ3) is 2.58. The number of hydrogen-bond donors (Lipinski definition) is 1. The summed E-state index contributed by atoms with van der Waals surface area (Å²) in [5.74, 6) is 0.723. The van der Waals surface area contributed by atoms with E-state index < -0.39 is 0 Å². The maximum Gasteiger partial charge on any atom is 0.324 e. The van der Waals surface area contributed by atoms with Gasteiger partial charge in [0.1, 0.15) is 0 Å². The van der Waals surface area contributed by atoms with Crippen LogP contribution in [0.2, 0.25) is 0 Å². The highest BCUT2D eigenvalue weighted by Gasteiger charge is 2.24. The molecule has 1 heterocycles. The van der Waals surface area contributed by atoms with Crippen LogP contribution in [0.15, 0.2) is 24.3 Å². The number of piperidine rings is 1. The summed E-state index contributed by atoms with van der Waals surface area (Å²) in [6.45, 7) is 3.93. The molecule has 0 unspecified atom stereocenters. The van der Waals surface area contributed by atoms with Crippen molar-refractivity contribution in [1.82, 2.24) is 4.90 Å². The van der Waals surface area contributed by atoms with Gasteiger partial charge >= 0.3 is 6.03 Å². The van der Waals surface area contributed by atoms with Crippen molar-refractivity contribution >= 4 is 17.4 Å². The van der Waals surface area contributed by atoms with Gasteiger partial charge in [0.25, 0.3) is 0 Å². The Kier molecular flexibility index (Phi) is 3.75. The van der Waals surface area contributed by atoms with Crippen LogP contribution < -0.4 is 10.6 Å². The molecule has 2 amide bonds. The Labute approximate surface area is 108 Å². The topological polar surface area (TPSA) is 49.6 Å². The predicted octanol–water partition coefficient (Wildman–Crippen LogP) is 2.56. The number of rotatable bonds is 1. The Bertz CT molecular complexity index is 425. The standard InChI is InChI=1S/C14H21N3O/c1-11-7-9-17(10-8-11)14(18)16(2)13-6-4-3-5-12(13)15/h3-6,11H,7-10,15H2,1-2H3. The molecule has 1 aromatic carbocycles. The molecule has 0 radical (unpaired) electrons. The van der Waals surface area contributed by atoms with Crippen LogP contribution in [0.25, 0.3) is 0 Å². The zero-order chi connectivity index (χ0) is 13.1. The van der Waals surface area contributed by atoms with Gasteiger partial charge in [-0.2, -0.15) is 0 Å². The van der Waals surface area contributed by atoms with Gasteiger partial charge in [-0.05, 0) is 30.9 Å². The highest BCUT2D eigenvalue weighted by Crippen LogP contribution is 2.24. The molecular weight excluding hydrogens is 226 g/mol. The first-order valence-electron chi connectivity index (χ1n) is 6.46. The summed E-state index contributed by atoms with van der Waals surface area (Å²) in [6, 6.07) is 7.50. The molecule has 1 saturated heterocycles. The molecule has 1 aromatic rings. The van der Waals surface area contributed by atoms with Gasteiger partial charge < -0.3 is 10.6 Å². The van der Waals surface area contributed by atoms with E-state index in [0.29, 0.717) is 5.69 Å². The van der Waals surface area contributed by atoms with Crippen LogP contribution in [0.4, 0.5) is 16.2 Å². The van der Waals surface area contributed by atoms with Crippen LogP contribution in [0, 0.1) is 5.92 Å². The second kappa shape index (κ2) is 5.29. The molecule has 0 aromatic heterocycles. The first-order chi connectivity index (χ1) is 8.59. The minimum absolute atomic E-state index is 0.0415. The molecule has 1 fully saturated rings. The number of urea groups is 1. The number of para-hydroxylation sites is 2. The van der Waals surface area contributed by atoms with Gasteiger partial charge in [0.05, 0.1) is 11.4 Å². The Morgan fingerprint density at radius 2 is 1.94 bits per heavy atom. The maximum atomic E-state index is 12.4. The molecule has 98 valence electrons. The van der Waals surface area contributed by atoms with E-state index in [-0.39, 0.29) is 6.03 Å². The van der Waals surface area contributed by atoms with Crippen molar-refractivity contribution in [3.05, 3.63) is 24.3 Å². The largest absolute Gasteiger partial charge is 0.397 e. The van der Waals surface area contributed by atoms with Crippen molar-refractivity contribution in [3.63, 3.8) is 0 Å². The average Bonchev–Trinajstić information content (AvgIpc) is 2.38. The summed E-state index contributed by atoms with van der Waals surface area (Å²) in [5.41, 5.74) is 7.31. The van der Waals surface area contributed by atoms with E-state index in [2.05, 4.69) is 6.92 Å². The van der Waals surface area contributed by atoms with Crippen LogP contribution >= 0.6 is 0 Å². The Balaban J connectivity index is 2.07. The summed E-state index contributed by atoms with van der Waals surface area (Å²) in [4.78, 5) is 15.9. The van der Waals surface area contributed by atoms with Crippen molar-refractivity contribution in [1.29, 1.82) is 0 Å². The Hall–Kier alpha value is -1.71. The lowest BCUT2D eigenvalue weighted by atomic mass is 9.99. The van der Waals surface area contributed by atoms with Gasteiger partial charge in [-0.25, -0.2) is 4.79 Å². The van der Waals surface area contributed by atoms with Crippen LogP contribution in [0.1, 0.15) is 19.8 Å². The molecule has 18 heavy (non-hydrogen) atoms. The molecule has 0 atom stereocenters. The number of anilines is 2. The predicted molar refractivity (Wildman–Crippen MR) is 74.6 cm³/mol. The molecule has 0 spiro atoms. The molecule has 4 nitrogen and oxygen atoms in total. The van der Waals surface area contributed by atoms with E-state index in [0.717, 1.165) is 37.5 Å². The van der Waals surface area contributed by atoms with Crippen LogP contribution in [0.5, 0.6) is 0 Å². The van der Waals surface area contributed by atoms with Crippen molar-refractivity contribution in [2.45, 2.75) is 19.8 Å². The maximum absolute atomic E-state index is 12.4. The van der Waals surface area contributed by atoms with Gasteiger partial charge in [0.15, 0.2) is 0 Å². The smallest absolute Gasteiger partial charge is 0.324 e. The highest BCUT2D eigenvalue weighted by atomic mass is 16.2. The monoisotopic (exact) mass is 247 g/mol. The Morgan fingerprint density at radius 1 is 1.33 bits per heavy atom. The number of likely N-dealkylation sites (tertiary alicyclic amines) is 1. The zero-order valence-corrected chi connectivity index (χ0v) is 11.1. The lowest BCUT2D eigenvalue weighted by Gasteiger charge is -2.33. The average molecular weight is 247 g/mol. The first kappa shape index (κ1) is 12.7. The van der Waals surface area contributed by atoms with E-state index in [1.165, 1.54) is 0 Å². The highest BCUT2D eigenvalue weighted by molar-refractivity contribution is 5.94. The SMILES string of the molecule is CC1CCN(C(=O)N(C)c2ccccc2N)CC1. The van der Waals surface area contributed by atoms with Gasteiger partial charge in [-0.3, -0.25) is 4.90 Å². The summed E-state index contributed by atoms with van der Waals surface area (Å²) in [5, 5.41) is 0. The third-order valence-electron chi connectivity index (χ3n) is 3.64. The molecule has 1 aliphatic heterocycles. The molecule has 1 aliphatic rings. The number of carbonyl (C=O) groups is 1. The summed E-state index contributed by atoms with van der Waals surface area (Å²) in [7, 11) is 1.78. The minimum atomic E-state index is 0.0415. The second-order valence-electron chi connectivity index (χ2n) is 5.07. The summed E-state index contributed by atoms with van der Waals surface area (Å²) < 4.78 is 0. The summed E-state index contributed by atoms with van der Waals surface area (Å²) >= 11 is 0. The fourth-order valence-corrected chi connectivity index (χ4v) is 2.31. The van der Waals surface area contributed by atoms with Crippen LogP contribution in [-0.4, -0.2) is 31.1 Å². The van der Waals surface area contributed by atoms with E-state index in [9.17, 15) is 4.79 Å². The fourth-order valence-electron chi connectivity index (χ4n) is 2.31. The molecular formula is C14H21N3O. The third-order valence-corrected chi connectivity index (χ3v) is 3.64. The normalized spacial score (nSPS) is 16.7. The van der Waals surface area contributed by atoms with Crippen molar-refractivity contribution in [2.24, 2.45) is 5.92 Å². The number of hydrogen-bond acceptors (Lipinski definition) is 2. The lowest BCUT2D eigenvalue weighted by Crippen LogP contribution is -2.45. The van der Waals surface area contributed by atoms with Crippen molar-refractivity contribution in [3.8, 4) is 0 Å². The molecule has 4 heteroatoms. The number of benzene rings is 1. The molecule has 2 N–H and O–H groups in total. The second-order valence-corrected chi connectivity index (χ2v) is 5.07. The van der Waals surface area contributed by atoms with Crippen LogP contribution in [-0.2, 0) is 0 Å². The number of carbonyl (C=O) groups excluding carboxylic acids is 1. The quantitative estimate of drug-likeness (QED) is 0.775. The van der Waals surface area contributed by atoms with Gasteiger partial charge in [0, 0.05) is 20.1 Å². The molecule has 0 aliphatic carbocycles. The molecule has 0 bridgehead atoms.